The predicted molar refractivity (Wildman–Crippen MR) is 127 cm³/mol. The molecule has 8 nitrogen and oxygen atoms in total. The largest absolute Gasteiger partial charge is 0.478 e. The number of carboxylic acid groups (broad SMARTS) is 2. The maximum atomic E-state index is 9.55. The highest BCUT2D eigenvalue weighted by molar-refractivity contribution is 5.89. The number of hydrogen-bond acceptors (Lipinski definition) is 5. The highest BCUT2D eigenvalue weighted by Crippen LogP contribution is 2.34. The first-order chi connectivity index (χ1) is 15.6. The fourth-order valence-corrected chi connectivity index (χ4v) is 3.94. The Hall–Kier alpha value is -2.71. The fraction of sp³-hybridized carbons (Fsp3) is 0.560. The van der Waals surface area contributed by atoms with Crippen molar-refractivity contribution in [3.63, 3.8) is 0 Å². The second-order valence-corrected chi connectivity index (χ2v) is 9.46. The molecule has 0 bridgehead atoms. The molecule has 0 atom stereocenters. The van der Waals surface area contributed by atoms with Crippen molar-refractivity contribution in [2.45, 2.75) is 53.1 Å². The van der Waals surface area contributed by atoms with Gasteiger partial charge in [0.15, 0.2) is 0 Å². The van der Waals surface area contributed by atoms with Crippen LogP contribution in [0.25, 0.3) is 5.52 Å². The molecule has 3 rings (SSSR count). The molecule has 3 heterocycles. The lowest BCUT2D eigenvalue weighted by atomic mass is 9.75. The standard InChI is InChI=1S/C21H33N3O.C4H4O4/c1-21(2,3)18-9-13-23(14-10-18)11-6-7-15-25-17-19-16-20-8-4-5-12-24(20)22-19;5-3(6)1-2-4(7)8/h4-5,8,12,16,18H,6-7,9-11,13-15,17H2,1-3H3;1-2H,(H,5,6)(H,7,8). The highest BCUT2D eigenvalue weighted by atomic mass is 16.5. The molecule has 182 valence electrons. The summed E-state index contributed by atoms with van der Waals surface area (Å²) in [6.07, 6.45) is 8.16. The molecule has 8 heteroatoms. The van der Waals surface area contributed by atoms with Gasteiger partial charge in [-0.25, -0.2) is 14.1 Å². The van der Waals surface area contributed by atoms with Crippen LogP contribution in [0.15, 0.2) is 42.6 Å². The molecule has 0 saturated carbocycles. The normalized spacial score (nSPS) is 15.5. The molecular weight excluding hydrogens is 422 g/mol. The number of aliphatic carboxylic acids is 2. The second kappa shape index (κ2) is 13.1. The third-order valence-corrected chi connectivity index (χ3v) is 5.86. The van der Waals surface area contributed by atoms with Crippen molar-refractivity contribution < 1.29 is 24.5 Å². The van der Waals surface area contributed by atoms with E-state index in [4.69, 9.17) is 14.9 Å². The van der Waals surface area contributed by atoms with Crippen LogP contribution in [-0.4, -0.2) is 62.9 Å². The molecule has 0 unspecified atom stereocenters. The molecule has 1 fully saturated rings. The number of unbranched alkanes of at least 4 members (excludes halogenated alkanes) is 1. The zero-order valence-corrected chi connectivity index (χ0v) is 19.9. The Morgan fingerprint density at radius 1 is 1.12 bits per heavy atom. The van der Waals surface area contributed by atoms with Gasteiger partial charge in [0, 0.05) is 25.0 Å². The molecular formula is C25H37N3O5. The summed E-state index contributed by atoms with van der Waals surface area (Å²) in [7, 11) is 0. The Kier molecular flexibility index (Phi) is 10.5. The molecule has 2 N–H and O–H groups in total. The molecule has 1 aliphatic rings. The van der Waals surface area contributed by atoms with Crippen molar-refractivity contribution in [2.75, 3.05) is 26.2 Å². The number of ether oxygens (including phenoxy) is 1. The van der Waals surface area contributed by atoms with Crippen molar-refractivity contribution in [2.24, 2.45) is 11.3 Å². The summed E-state index contributed by atoms with van der Waals surface area (Å²) >= 11 is 0. The van der Waals surface area contributed by atoms with Crippen LogP contribution in [0.3, 0.4) is 0 Å². The molecule has 0 radical (unpaired) electrons. The van der Waals surface area contributed by atoms with Crippen LogP contribution in [0.5, 0.6) is 0 Å². The summed E-state index contributed by atoms with van der Waals surface area (Å²) in [5, 5.41) is 20.1. The second-order valence-electron chi connectivity index (χ2n) is 9.46. The van der Waals surface area contributed by atoms with E-state index in [2.05, 4.69) is 42.9 Å². The van der Waals surface area contributed by atoms with Crippen LogP contribution in [0.1, 0.15) is 52.1 Å². The highest BCUT2D eigenvalue weighted by Gasteiger charge is 2.28. The Bertz CT molecular complexity index is 859. The van der Waals surface area contributed by atoms with Gasteiger partial charge in [0.25, 0.3) is 0 Å². The minimum atomic E-state index is -1.26. The van der Waals surface area contributed by atoms with Crippen LogP contribution in [0.4, 0.5) is 0 Å². The number of fused-ring (bicyclic) bond motifs is 1. The van der Waals surface area contributed by atoms with Crippen molar-refractivity contribution in [1.29, 1.82) is 0 Å². The number of carboxylic acids is 2. The van der Waals surface area contributed by atoms with E-state index in [0.717, 1.165) is 30.2 Å². The molecule has 0 amide bonds. The number of hydrogen-bond donors (Lipinski definition) is 2. The zero-order chi connectivity index (χ0) is 24.3. The molecule has 2 aromatic heterocycles. The van der Waals surface area contributed by atoms with Crippen molar-refractivity contribution >= 4 is 17.5 Å². The average Bonchev–Trinajstić information content (AvgIpc) is 3.18. The van der Waals surface area contributed by atoms with E-state index in [-0.39, 0.29) is 0 Å². The van der Waals surface area contributed by atoms with Crippen LogP contribution in [-0.2, 0) is 20.9 Å². The summed E-state index contributed by atoms with van der Waals surface area (Å²) in [5.41, 5.74) is 2.60. The van der Waals surface area contributed by atoms with Gasteiger partial charge in [0.2, 0.25) is 0 Å². The summed E-state index contributed by atoms with van der Waals surface area (Å²) < 4.78 is 7.71. The Morgan fingerprint density at radius 2 is 1.79 bits per heavy atom. The molecule has 2 aromatic rings. The Balaban J connectivity index is 0.000000414. The average molecular weight is 460 g/mol. The fourth-order valence-electron chi connectivity index (χ4n) is 3.94. The van der Waals surface area contributed by atoms with E-state index in [1.807, 2.05) is 22.8 Å². The first kappa shape index (κ1) is 26.5. The number of aromatic nitrogens is 2. The summed E-state index contributed by atoms with van der Waals surface area (Å²) in [6, 6.07) is 8.19. The molecule has 1 saturated heterocycles. The lowest BCUT2D eigenvalue weighted by molar-refractivity contribution is -0.134. The smallest absolute Gasteiger partial charge is 0.328 e. The number of piperidine rings is 1. The SMILES string of the molecule is CC(C)(C)C1CCN(CCCCOCc2cc3ccccn3n2)CC1.O=C(O)C=CC(=O)O. The van der Waals surface area contributed by atoms with Gasteiger partial charge >= 0.3 is 11.9 Å². The summed E-state index contributed by atoms with van der Waals surface area (Å²) in [4.78, 5) is 21.7. The maximum Gasteiger partial charge on any atom is 0.328 e. The van der Waals surface area contributed by atoms with Crippen molar-refractivity contribution in [3.05, 3.63) is 48.3 Å². The van der Waals surface area contributed by atoms with E-state index in [0.29, 0.717) is 24.2 Å². The van der Waals surface area contributed by atoms with Crippen molar-refractivity contribution in [1.82, 2.24) is 14.5 Å². The lowest BCUT2D eigenvalue weighted by Gasteiger charge is -2.38. The van der Waals surface area contributed by atoms with Gasteiger partial charge in [-0.2, -0.15) is 5.10 Å². The van der Waals surface area contributed by atoms with Gasteiger partial charge in [-0.3, -0.25) is 0 Å². The lowest BCUT2D eigenvalue weighted by Crippen LogP contribution is -2.38. The number of likely N-dealkylation sites (tertiary alicyclic amines) is 1. The number of nitrogens with zero attached hydrogens (tertiary/aromatic N) is 3. The maximum absolute atomic E-state index is 9.55. The predicted octanol–water partition coefficient (Wildman–Crippen LogP) is 4.10. The van der Waals surface area contributed by atoms with Crippen LogP contribution >= 0.6 is 0 Å². The summed E-state index contributed by atoms with van der Waals surface area (Å²) in [5.74, 6) is -1.63. The van der Waals surface area contributed by atoms with Crippen LogP contribution < -0.4 is 0 Å². The first-order valence-electron chi connectivity index (χ1n) is 11.5. The van der Waals surface area contributed by atoms with Gasteiger partial charge in [-0.1, -0.05) is 26.8 Å². The van der Waals surface area contributed by atoms with Gasteiger partial charge in [0.1, 0.15) is 0 Å². The van der Waals surface area contributed by atoms with E-state index in [9.17, 15) is 9.59 Å². The van der Waals surface area contributed by atoms with E-state index in [1.165, 1.54) is 38.9 Å². The number of rotatable bonds is 9. The van der Waals surface area contributed by atoms with E-state index >= 15 is 0 Å². The minimum Gasteiger partial charge on any atom is -0.478 e. The van der Waals surface area contributed by atoms with Gasteiger partial charge in [-0.15, -0.1) is 0 Å². The van der Waals surface area contributed by atoms with E-state index < -0.39 is 11.9 Å². The molecule has 33 heavy (non-hydrogen) atoms. The monoisotopic (exact) mass is 459 g/mol. The molecule has 0 aliphatic carbocycles. The first-order valence-corrected chi connectivity index (χ1v) is 11.5. The van der Waals surface area contributed by atoms with Gasteiger partial charge < -0.3 is 19.8 Å². The van der Waals surface area contributed by atoms with E-state index in [1.54, 1.807) is 0 Å². The quantitative estimate of drug-likeness (QED) is 0.430. The Morgan fingerprint density at radius 3 is 2.36 bits per heavy atom. The van der Waals surface area contributed by atoms with Gasteiger partial charge in [0.05, 0.1) is 17.8 Å². The molecule has 1 aliphatic heterocycles. The number of carbonyl (C=O) groups is 2. The van der Waals surface area contributed by atoms with Gasteiger partial charge in [-0.05, 0) is 74.8 Å². The topological polar surface area (TPSA) is 104 Å². The minimum absolute atomic E-state index is 0.470. The number of pyridine rings is 1. The van der Waals surface area contributed by atoms with Crippen LogP contribution in [0, 0.1) is 11.3 Å². The third kappa shape index (κ3) is 10.2. The molecule has 0 aromatic carbocycles. The van der Waals surface area contributed by atoms with Crippen molar-refractivity contribution in [3.8, 4) is 0 Å². The summed E-state index contributed by atoms with van der Waals surface area (Å²) in [6.45, 7) is 12.3. The van der Waals surface area contributed by atoms with Crippen LogP contribution in [0.2, 0.25) is 0 Å². The Labute approximate surface area is 195 Å². The molecule has 0 spiro atoms. The third-order valence-electron chi connectivity index (χ3n) is 5.86. The zero-order valence-electron chi connectivity index (χ0n) is 19.9.